The lowest BCUT2D eigenvalue weighted by molar-refractivity contribution is -0.123. The van der Waals surface area contributed by atoms with E-state index in [1.807, 2.05) is 13.8 Å². The van der Waals surface area contributed by atoms with Crippen LogP contribution in [0.4, 0.5) is 8.78 Å². The lowest BCUT2D eigenvalue weighted by Gasteiger charge is -2.18. The number of benzene rings is 1. The average Bonchev–Trinajstić information content (AvgIpc) is 2.53. The molecule has 23 heavy (non-hydrogen) atoms. The number of ether oxygens (including phenoxy) is 2. The molecule has 2 unspecified atom stereocenters. The van der Waals surface area contributed by atoms with Gasteiger partial charge < -0.3 is 20.5 Å². The Kier molecular flexibility index (Phi) is 7.74. The molecular weight excluding hydrogens is 306 g/mol. The van der Waals surface area contributed by atoms with Crippen LogP contribution in [0.25, 0.3) is 0 Å². The summed E-state index contributed by atoms with van der Waals surface area (Å²) in [6.45, 7) is 3.24. The van der Waals surface area contributed by atoms with Crippen LogP contribution in [0.2, 0.25) is 0 Å². The molecule has 0 spiro atoms. The Morgan fingerprint density at radius 3 is 2.57 bits per heavy atom. The van der Waals surface area contributed by atoms with Crippen LogP contribution in [0, 0.1) is 5.92 Å². The first kappa shape index (κ1) is 19.2. The Balaban J connectivity index is 2.73. The Bertz CT molecular complexity index is 512. The molecule has 1 aromatic rings. The third-order valence-corrected chi connectivity index (χ3v) is 3.55. The molecule has 0 saturated carbocycles. The first-order valence-electron chi connectivity index (χ1n) is 7.62. The Morgan fingerprint density at radius 1 is 1.30 bits per heavy atom. The van der Waals surface area contributed by atoms with E-state index in [1.54, 1.807) is 19.1 Å². The van der Waals surface area contributed by atoms with Gasteiger partial charge in [-0.2, -0.15) is 8.78 Å². The van der Waals surface area contributed by atoms with Gasteiger partial charge in [0.25, 0.3) is 0 Å². The SMILES string of the molecule is CCOc1cc(CNC(=O)C(N)C(C)CC)ccc1OC(F)F. The average molecular weight is 330 g/mol. The molecule has 1 rings (SSSR count). The van der Waals surface area contributed by atoms with Gasteiger partial charge in [-0.15, -0.1) is 0 Å². The number of nitrogens with one attached hydrogen (secondary N) is 1. The highest BCUT2D eigenvalue weighted by Crippen LogP contribution is 2.29. The Labute approximate surface area is 135 Å². The molecule has 1 amide bonds. The number of hydrogen-bond acceptors (Lipinski definition) is 4. The van der Waals surface area contributed by atoms with E-state index in [2.05, 4.69) is 10.1 Å². The summed E-state index contributed by atoms with van der Waals surface area (Å²) in [5.74, 6) is 0.0139. The molecule has 0 aromatic heterocycles. The fourth-order valence-electron chi connectivity index (χ4n) is 1.94. The van der Waals surface area contributed by atoms with E-state index in [9.17, 15) is 13.6 Å². The highest BCUT2D eigenvalue weighted by atomic mass is 19.3. The van der Waals surface area contributed by atoms with Gasteiger partial charge in [-0.1, -0.05) is 26.3 Å². The number of carbonyl (C=O) groups excluding carboxylic acids is 1. The van der Waals surface area contributed by atoms with Crippen LogP contribution in [-0.4, -0.2) is 25.2 Å². The summed E-state index contributed by atoms with van der Waals surface area (Å²) in [5.41, 5.74) is 6.56. The topological polar surface area (TPSA) is 73.6 Å². The summed E-state index contributed by atoms with van der Waals surface area (Å²) < 4.78 is 34.4. The molecule has 0 aliphatic heterocycles. The van der Waals surface area contributed by atoms with Crippen molar-refractivity contribution in [3.8, 4) is 11.5 Å². The van der Waals surface area contributed by atoms with E-state index in [-0.39, 0.29) is 29.9 Å². The molecule has 0 radical (unpaired) electrons. The summed E-state index contributed by atoms with van der Waals surface area (Å²) >= 11 is 0. The molecule has 0 bridgehead atoms. The third-order valence-electron chi connectivity index (χ3n) is 3.55. The maximum atomic E-state index is 12.3. The van der Waals surface area contributed by atoms with E-state index in [0.717, 1.165) is 6.42 Å². The zero-order chi connectivity index (χ0) is 17.4. The van der Waals surface area contributed by atoms with Crippen molar-refractivity contribution in [1.29, 1.82) is 0 Å². The second kappa shape index (κ2) is 9.29. The minimum Gasteiger partial charge on any atom is -0.490 e. The first-order valence-corrected chi connectivity index (χ1v) is 7.62. The molecular formula is C16H24F2N2O3. The predicted molar refractivity (Wildman–Crippen MR) is 83.5 cm³/mol. The summed E-state index contributed by atoms with van der Waals surface area (Å²) in [6, 6.07) is 3.98. The van der Waals surface area contributed by atoms with Crippen molar-refractivity contribution in [3.05, 3.63) is 23.8 Å². The lowest BCUT2D eigenvalue weighted by atomic mass is 9.99. The highest BCUT2D eigenvalue weighted by Gasteiger charge is 2.19. The fourth-order valence-corrected chi connectivity index (χ4v) is 1.94. The molecule has 5 nitrogen and oxygen atoms in total. The summed E-state index contributed by atoms with van der Waals surface area (Å²) in [5, 5.41) is 2.74. The molecule has 2 atom stereocenters. The zero-order valence-corrected chi connectivity index (χ0v) is 13.6. The summed E-state index contributed by atoms with van der Waals surface area (Å²) in [4.78, 5) is 11.9. The van der Waals surface area contributed by atoms with Crippen molar-refractivity contribution in [1.82, 2.24) is 5.32 Å². The van der Waals surface area contributed by atoms with Crippen molar-refractivity contribution in [3.63, 3.8) is 0 Å². The lowest BCUT2D eigenvalue weighted by Crippen LogP contribution is -2.44. The van der Waals surface area contributed by atoms with E-state index in [0.29, 0.717) is 12.2 Å². The highest BCUT2D eigenvalue weighted by molar-refractivity contribution is 5.81. The number of halogens is 2. The van der Waals surface area contributed by atoms with Crippen LogP contribution < -0.4 is 20.5 Å². The molecule has 7 heteroatoms. The van der Waals surface area contributed by atoms with Gasteiger partial charge in [0.15, 0.2) is 11.5 Å². The van der Waals surface area contributed by atoms with Crippen molar-refractivity contribution < 1.29 is 23.0 Å². The molecule has 1 aromatic carbocycles. The minimum absolute atomic E-state index is 0.0340. The minimum atomic E-state index is -2.92. The number of hydrogen-bond donors (Lipinski definition) is 2. The maximum absolute atomic E-state index is 12.3. The Hall–Kier alpha value is -1.89. The van der Waals surface area contributed by atoms with Crippen molar-refractivity contribution in [2.75, 3.05) is 6.61 Å². The van der Waals surface area contributed by atoms with Crippen LogP contribution in [0.3, 0.4) is 0 Å². The molecule has 0 saturated heterocycles. The number of alkyl halides is 2. The standard InChI is InChI=1S/C16H24F2N2O3/c1-4-10(3)14(19)15(21)20-9-11-6-7-12(23-16(17)18)13(8-11)22-5-2/h6-8,10,14,16H,4-5,9,19H2,1-3H3,(H,20,21). The van der Waals surface area contributed by atoms with E-state index < -0.39 is 12.7 Å². The van der Waals surface area contributed by atoms with Gasteiger partial charge in [-0.25, -0.2) is 0 Å². The summed E-state index contributed by atoms with van der Waals surface area (Å²) in [7, 11) is 0. The van der Waals surface area contributed by atoms with Gasteiger partial charge in [-0.05, 0) is 30.5 Å². The normalized spacial score (nSPS) is 13.5. The van der Waals surface area contributed by atoms with Crippen LogP contribution in [0.5, 0.6) is 11.5 Å². The summed E-state index contributed by atoms with van der Waals surface area (Å²) in [6.07, 6.45) is 0.808. The maximum Gasteiger partial charge on any atom is 0.387 e. The van der Waals surface area contributed by atoms with Crippen molar-refractivity contribution >= 4 is 5.91 Å². The fraction of sp³-hybridized carbons (Fsp3) is 0.562. The number of amides is 1. The number of carbonyl (C=O) groups is 1. The van der Waals surface area contributed by atoms with Gasteiger partial charge in [0.05, 0.1) is 12.6 Å². The first-order chi connectivity index (χ1) is 10.9. The second-order valence-corrected chi connectivity index (χ2v) is 5.22. The second-order valence-electron chi connectivity index (χ2n) is 5.22. The van der Waals surface area contributed by atoms with Crippen LogP contribution in [0.1, 0.15) is 32.8 Å². The quantitative estimate of drug-likeness (QED) is 0.730. The van der Waals surface area contributed by atoms with Gasteiger partial charge in [0.1, 0.15) is 0 Å². The van der Waals surface area contributed by atoms with E-state index in [1.165, 1.54) is 6.07 Å². The number of nitrogens with two attached hydrogens (primary N) is 1. The molecule has 0 fully saturated rings. The van der Waals surface area contributed by atoms with E-state index in [4.69, 9.17) is 10.5 Å². The molecule has 130 valence electrons. The van der Waals surface area contributed by atoms with Crippen molar-refractivity contribution in [2.24, 2.45) is 11.7 Å². The zero-order valence-electron chi connectivity index (χ0n) is 13.6. The van der Waals surface area contributed by atoms with Crippen LogP contribution in [-0.2, 0) is 11.3 Å². The number of rotatable bonds is 9. The van der Waals surface area contributed by atoms with Crippen LogP contribution in [0.15, 0.2) is 18.2 Å². The third kappa shape index (κ3) is 6.02. The Morgan fingerprint density at radius 2 is 2.00 bits per heavy atom. The van der Waals surface area contributed by atoms with Gasteiger partial charge >= 0.3 is 6.61 Å². The predicted octanol–water partition coefficient (Wildman–Crippen LogP) is 2.68. The molecule has 3 N–H and O–H groups in total. The molecule has 0 heterocycles. The van der Waals surface area contributed by atoms with Gasteiger partial charge in [0.2, 0.25) is 5.91 Å². The van der Waals surface area contributed by atoms with Gasteiger partial charge in [-0.3, -0.25) is 4.79 Å². The van der Waals surface area contributed by atoms with Crippen molar-refractivity contribution in [2.45, 2.75) is 46.4 Å². The smallest absolute Gasteiger partial charge is 0.387 e. The molecule has 0 aliphatic carbocycles. The molecule has 0 aliphatic rings. The monoisotopic (exact) mass is 330 g/mol. The van der Waals surface area contributed by atoms with Gasteiger partial charge in [0, 0.05) is 6.54 Å². The largest absolute Gasteiger partial charge is 0.490 e. The van der Waals surface area contributed by atoms with Crippen LogP contribution >= 0.6 is 0 Å². The van der Waals surface area contributed by atoms with E-state index >= 15 is 0 Å².